The first-order chi connectivity index (χ1) is 11.3. The largest absolute Gasteiger partial charge is 0.437 e. The molecule has 1 aromatic heterocycles. The summed E-state index contributed by atoms with van der Waals surface area (Å²) >= 11 is 0. The predicted octanol–water partition coefficient (Wildman–Crippen LogP) is 4.02. The average molecular weight is 307 g/mol. The molecule has 0 amide bonds. The minimum absolute atomic E-state index is 0.240. The van der Waals surface area contributed by atoms with Crippen molar-refractivity contribution in [1.82, 2.24) is 4.98 Å². The van der Waals surface area contributed by atoms with Gasteiger partial charge in [-0.15, -0.1) is 0 Å². The van der Waals surface area contributed by atoms with Crippen molar-refractivity contribution < 1.29 is 14.3 Å². The first kappa shape index (κ1) is 15.2. The van der Waals surface area contributed by atoms with Gasteiger partial charge in [-0.05, 0) is 6.42 Å². The number of oxazole rings is 1. The van der Waals surface area contributed by atoms with Crippen LogP contribution in [-0.2, 0) is 4.79 Å². The Hall–Kier alpha value is -2.72. The number of hydrogen-bond acceptors (Lipinski definition) is 4. The lowest BCUT2D eigenvalue weighted by molar-refractivity contribution is -0.108. The van der Waals surface area contributed by atoms with Gasteiger partial charge >= 0.3 is 0 Å². The molecule has 0 saturated carbocycles. The number of aldehydes is 1. The average Bonchev–Trinajstić information content (AvgIpc) is 3.06. The summed E-state index contributed by atoms with van der Waals surface area (Å²) in [6, 6.07) is 19.4. The maximum Gasteiger partial charge on any atom is 0.224 e. The zero-order chi connectivity index (χ0) is 16.1. The molecule has 0 bridgehead atoms. The quantitative estimate of drug-likeness (QED) is 0.699. The molecule has 0 fully saturated rings. The molecule has 0 aliphatic rings. The van der Waals surface area contributed by atoms with Crippen LogP contribution in [0.3, 0.4) is 0 Å². The lowest BCUT2D eigenvalue weighted by Gasteiger charge is -2.02. The Bertz CT molecular complexity index is 709. The summed E-state index contributed by atoms with van der Waals surface area (Å²) in [5, 5.41) is 10.2. The molecule has 0 spiro atoms. The van der Waals surface area contributed by atoms with Crippen molar-refractivity contribution >= 4 is 6.29 Å². The molecule has 3 rings (SSSR count). The monoisotopic (exact) mass is 307 g/mol. The molecule has 0 aliphatic heterocycles. The van der Waals surface area contributed by atoms with Gasteiger partial charge in [0.05, 0.1) is 0 Å². The molecule has 1 N–H and O–H groups in total. The second-order valence-electron chi connectivity index (χ2n) is 5.22. The van der Waals surface area contributed by atoms with Gasteiger partial charge in [0.15, 0.2) is 5.76 Å². The van der Waals surface area contributed by atoms with E-state index in [-0.39, 0.29) is 12.3 Å². The van der Waals surface area contributed by atoms with E-state index in [0.29, 0.717) is 17.9 Å². The Labute approximate surface area is 134 Å². The van der Waals surface area contributed by atoms with Crippen molar-refractivity contribution in [2.45, 2.75) is 18.9 Å². The van der Waals surface area contributed by atoms with Crippen LogP contribution in [0.4, 0.5) is 0 Å². The Morgan fingerprint density at radius 1 is 1.00 bits per heavy atom. The van der Waals surface area contributed by atoms with E-state index in [4.69, 9.17) is 4.42 Å². The minimum atomic E-state index is -0.889. The first-order valence-electron chi connectivity index (χ1n) is 7.53. The summed E-state index contributed by atoms with van der Waals surface area (Å²) in [4.78, 5) is 15.0. The molecule has 23 heavy (non-hydrogen) atoms. The number of aliphatic hydroxyl groups is 1. The zero-order valence-corrected chi connectivity index (χ0v) is 12.6. The van der Waals surface area contributed by atoms with Crippen LogP contribution in [0.5, 0.6) is 0 Å². The highest BCUT2D eigenvalue weighted by Crippen LogP contribution is 2.34. The summed E-state index contributed by atoms with van der Waals surface area (Å²) in [6.07, 6.45) is 0.458. The molecule has 4 nitrogen and oxygen atoms in total. The van der Waals surface area contributed by atoms with Crippen molar-refractivity contribution in [1.29, 1.82) is 0 Å². The van der Waals surface area contributed by atoms with Gasteiger partial charge in [-0.25, -0.2) is 4.98 Å². The SMILES string of the molecule is O=CCCC(O)c1nc(-c2ccccc2)c(-c2ccccc2)o1. The van der Waals surface area contributed by atoms with Gasteiger partial charge in [-0.1, -0.05) is 60.7 Å². The summed E-state index contributed by atoms with van der Waals surface area (Å²) in [6.45, 7) is 0. The Morgan fingerprint density at radius 3 is 2.22 bits per heavy atom. The Morgan fingerprint density at radius 2 is 1.61 bits per heavy atom. The van der Waals surface area contributed by atoms with E-state index in [2.05, 4.69) is 4.98 Å². The van der Waals surface area contributed by atoms with Gasteiger partial charge in [-0.2, -0.15) is 0 Å². The maximum atomic E-state index is 10.5. The van der Waals surface area contributed by atoms with Gasteiger partial charge in [0, 0.05) is 17.5 Å². The highest BCUT2D eigenvalue weighted by atomic mass is 16.4. The van der Waals surface area contributed by atoms with Crippen molar-refractivity contribution in [2.24, 2.45) is 0 Å². The van der Waals surface area contributed by atoms with Crippen LogP contribution in [-0.4, -0.2) is 16.4 Å². The van der Waals surface area contributed by atoms with Crippen LogP contribution in [0.1, 0.15) is 24.8 Å². The fourth-order valence-electron chi connectivity index (χ4n) is 2.41. The van der Waals surface area contributed by atoms with Gasteiger partial charge in [0.2, 0.25) is 5.89 Å². The number of carbonyl (C=O) groups is 1. The highest BCUT2D eigenvalue weighted by Gasteiger charge is 2.21. The summed E-state index contributed by atoms with van der Waals surface area (Å²) in [7, 11) is 0. The molecule has 3 aromatic rings. The highest BCUT2D eigenvalue weighted by molar-refractivity contribution is 5.76. The summed E-state index contributed by atoms with van der Waals surface area (Å²) in [5.41, 5.74) is 2.51. The number of hydrogen-bond donors (Lipinski definition) is 1. The first-order valence-corrected chi connectivity index (χ1v) is 7.53. The third-order valence-electron chi connectivity index (χ3n) is 3.57. The number of rotatable bonds is 6. The van der Waals surface area contributed by atoms with Crippen LogP contribution in [0.2, 0.25) is 0 Å². The van der Waals surface area contributed by atoms with Crippen LogP contribution in [0.15, 0.2) is 65.1 Å². The number of nitrogens with zero attached hydrogens (tertiary/aromatic N) is 1. The van der Waals surface area contributed by atoms with E-state index in [1.807, 2.05) is 60.7 Å². The molecule has 0 saturated heterocycles. The molecule has 116 valence electrons. The fraction of sp³-hybridized carbons (Fsp3) is 0.158. The van der Waals surface area contributed by atoms with E-state index in [1.54, 1.807) is 0 Å². The van der Waals surface area contributed by atoms with E-state index in [0.717, 1.165) is 17.4 Å². The van der Waals surface area contributed by atoms with Crippen LogP contribution >= 0.6 is 0 Å². The van der Waals surface area contributed by atoms with Crippen molar-refractivity contribution in [3.8, 4) is 22.6 Å². The van der Waals surface area contributed by atoms with Crippen LogP contribution in [0.25, 0.3) is 22.6 Å². The zero-order valence-electron chi connectivity index (χ0n) is 12.6. The number of benzene rings is 2. The smallest absolute Gasteiger partial charge is 0.224 e. The number of carbonyl (C=O) groups excluding carboxylic acids is 1. The summed E-state index contributed by atoms with van der Waals surface area (Å²) < 4.78 is 5.84. The van der Waals surface area contributed by atoms with Crippen LogP contribution < -0.4 is 0 Å². The van der Waals surface area contributed by atoms with Gasteiger partial charge < -0.3 is 14.3 Å². The molecule has 1 unspecified atom stereocenters. The molecule has 4 heteroatoms. The topological polar surface area (TPSA) is 63.3 Å². The standard InChI is InChI=1S/C19H17NO3/c21-13-7-12-16(22)19-20-17(14-8-3-1-4-9-14)18(23-19)15-10-5-2-6-11-15/h1-6,8-11,13,16,22H,7,12H2. The number of aliphatic hydroxyl groups excluding tert-OH is 1. The number of aromatic nitrogens is 1. The third kappa shape index (κ3) is 3.38. The van der Waals surface area contributed by atoms with Gasteiger partial charge in [0.25, 0.3) is 0 Å². The van der Waals surface area contributed by atoms with E-state index in [1.165, 1.54) is 0 Å². The third-order valence-corrected chi connectivity index (χ3v) is 3.57. The van der Waals surface area contributed by atoms with Gasteiger partial charge in [0.1, 0.15) is 18.1 Å². The molecule has 1 atom stereocenters. The molecule has 1 heterocycles. The van der Waals surface area contributed by atoms with E-state index in [9.17, 15) is 9.90 Å². The summed E-state index contributed by atoms with van der Waals surface area (Å²) in [5.74, 6) is 0.863. The van der Waals surface area contributed by atoms with Crippen molar-refractivity contribution in [2.75, 3.05) is 0 Å². The van der Waals surface area contributed by atoms with Crippen molar-refractivity contribution in [3.05, 3.63) is 66.6 Å². The molecule has 2 aromatic carbocycles. The Kier molecular flexibility index (Phi) is 4.64. The van der Waals surface area contributed by atoms with Crippen molar-refractivity contribution in [3.63, 3.8) is 0 Å². The van der Waals surface area contributed by atoms with E-state index < -0.39 is 6.10 Å². The molecular formula is C19H17NO3. The van der Waals surface area contributed by atoms with Crippen LogP contribution in [0, 0.1) is 0 Å². The normalized spacial score (nSPS) is 12.0. The maximum absolute atomic E-state index is 10.5. The predicted molar refractivity (Wildman–Crippen MR) is 87.6 cm³/mol. The van der Waals surface area contributed by atoms with Gasteiger partial charge in [-0.3, -0.25) is 0 Å². The lowest BCUT2D eigenvalue weighted by Crippen LogP contribution is -1.98. The fourth-order valence-corrected chi connectivity index (χ4v) is 2.41. The second-order valence-corrected chi connectivity index (χ2v) is 5.22. The molecular weight excluding hydrogens is 290 g/mol. The molecule has 0 aliphatic carbocycles. The minimum Gasteiger partial charge on any atom is -0.437 e. The molecule has 0 radical (unpaired) electrons. The van der Waals surface area contributed by atoms with E-state index >= 15 is 0 Å². The second kappa shape index (κ2) is 7.03. The Balaban J connectivity index is 2.06. The lowest BCUT2D eigenvalue weighted by atomic mass is 10.1.